The van der Waals surface area contributed by atoms with Gasteiger partial charge in [0.1, 0.15) is 0 Å². The fourth-order valence-electron chi connectivity index (χ4n) is 1.04. The van der Waals surface area contributed by atoms with Crippen LogP contribution in [0.4, 0.5) is 0 Å². The third kappa shape index (κ3) is 2.75. The number of hydrazine groups is 1. The number of carbonyl (C=O) groups excluding carboxylic acids is 1. The first-order valence-electron chi connectivity index (χ1n) is 4.96. The lowest BCUT2D eigenvalue weighted by Crippen LogP contribution is -2.59. The van der Waals surface area contributed by atoms with Crippen LogP contribution in [0, 0.1) is 0 Å². The molecule has 0 fully saturated rings. The minimum absolute atomic E-state index is 0.227. The molecule has 0 radical (unpaired) electrons. The number of hydrogen-bond acceptors (Lipinski definition) is 5. The molecule has 0 bridgehead atoms. The van der Waals surface area contributed by atoms with Crippen molar-refractivity contribution in [1.82, 2.24) is 16.0 Å². The maximum Gasteiger partial charge on any atom is 0.425 e. The quantitative estimate of drug-likeness (QED) is 0.633. The maximum absolute atomic E-state index is 12.0. The molecule has 0 aromatic heterocycles. The van der Waals surface area contributed by atoms with E-state index >= 15 is 0 Å². The lowest BCUT2D eigenvalue weighted by molar-refractivity contribution is -0.140. The molecule has 0 saturated carbocycles. The van der Waals surface area contributed by atoms with Crippen LogP contribution in [-0.4, -0.2) is 33.3 Å². The minimum atomic E-state index is -0.974. The Kier molecular flexibility index (Phi) is 3.00. The zero-order valence-corrected chi connectivity index (χ0v) is 10.2. The van der Waals surface area contributed by atoms with E-state index in [1.165, 1.54) is 0 Å². The predicted octanol–water partition coefficient (Wildman–Crippen LogP) is 0.261. The summed E-state index contributed by atoms with van der Waals surface area (Å²) in [5.41, 5.74) is 1.03. The van der Waals surface area contributed by atoms with Crippen molar-refractivity contribution in [2.75, 3.05) is 0 Å². The normalized spacial score (nSPS) is 16.8. The predicted molar refractivity (Wildman–Crippen MR) is 58.1 cm³/mol. The number of nitrogens with one attached hydrogen (secondary N) is 2. The molecule has 0 atom stereocenters. The van der Waals surface area contributed by atoms with Crippen LogP contribution in [0.3, 0.4) is 0 Å². The highest BCUT2D eigenvalue weighted by Crippen LogP contribution is 2.17. The molecule has 1 aliphatic heterocycles. The highest BCUT2D eigenvalue weighted by molar-refractivity contribution is 5.86. The summed E-state index contributed by atoms with van der Waals surface area (Å²) in [6.07, 6.45) is -0.517. The molecule has 1 rings (SSSR count). The Balaban J connectivity index is 2.74. The molecular weight excluding hydrogens is 212 g/mol. The molecule has 0 aromatic carbocycles. The Bertz CT molecular complexity index is 319. The summed E-state index contributed by atoms with van der Waals surface area (Å²) in [5.74, 6) is -0.227. The summed E-state index contributed by atoms with van der Waals surface area (Å²) in [6, 6.07) is 0. The highest BCUT2D eigenvalue weighted by atomic mass is 16.8. The second-order valence-electron chi connectivity index (χ2n) is 5.15. The molecule has 0 aromatic rings. The van der Waals surface area contributed by atoms with Gasteiger partial charge in [-0.25, -0.2) is 0 Å². The van der Waals surface area contributed by atoms with Crippen LogP contribution in [0.5, 0.6) is 0 Å². The van der Waals surface area contributed by atoms with Gasteiger partial charge in [-0.2, -0.15) is 5.12 Å². The van der Waals surface area contributed by atoms with Crippen molar-refractivity contribution >= 4 is 12.0 Å². The first-order valence-corrected chi connectivity index (χ1v) is 4.96. The zero-order valence-electron chi connectivity index (χ0n) is 10.2. The number of carbonyl (C=O) groups is 1. The van der Waals surface area contributed by atoms with Crippen molar-refractivity contribution in [3.8, 4) is 0 Å². The van der Waals surface area contributed by atoms with Gasteiger partial charge in [-0.15, -0.1) is 0 Å². The lowest BCUT2D eigenvalue weighted by Gasteiger charge is -2.33. The van der Waals surface area contributed by atoms with Gasteiger partial charge in [-0.05, 0) is 40.2 Å². The third-order valence-electron chi connectivity index (χ3n) is 1.98. The second kappa shape index (κ2) is 3.82. The van der Waals surface area contributed by atoms with Crippen LogP contribution in [0.2, 0.25) is 0 Å². The van der Waals surface area contributed by atoms with Crippen molar-refractivity contribution in [3.63, 3.8) is 0 Å². The minimum Gasteiger partial charge on any atom is -0.464 e. The number of hydrogen-bond donors (Lipinski definition) is 3. The van der Waals surface area contributed by atoms with E-state index in [0.29, 0.717) is 0 Å². The van der Waals surface area contributed by atoms with E-state index in [1.54, 1.807) is 13.8 Å². The smallest absolute Gasteiger partial charge is 0.425 e. The van der Waals surface area contributed by atoms with Gasteiger partial charge in [-0.1, -0.05) is 5.10 Å². The fraction of sp³-hybridized carbons (Fsp3) is 0.778. The number of aliphatic hydroxyl groups is 1. The molecule has 0 unspecified atom stereocenters. The van der Waals surface area contributed by atoms with E-state index in [1.807, 2.05) is 20.8 Å². The topological polar surface area (TPSA) is 86.2 Å². The standard InChI is InChI=1S/C9H18N4O3/c1-8(2,3)10-6(14)9(4,5)13-11-7(15)16-12-13/h12H,1-5H3,(H,10,14)(H,11,15). The van der Waals surface area contributed by atoms with Crippen LogP contribution in [0.1, 0.15) is 34.6 Å². The molecule has 7 nitrogen and oxygen atoms in total. The molecule has 1 heterocycles. The van der Waals surface area contributed by atoms with Gasteiger partial charge in [0.25, 0.3) is 0 Å². The monoisotopic (exact) mass is 230 g/mol. The number of rotatable bonds is 2. The van der Waals surface area contributed by atoms with Gasteiger partial charge in [-0.3, -0.25) is 4.79 Å². The highest BCUT2D eigenvalue weighted by Gasteiger charge is 2.39. The number of hydrazone groups is 1. The van der Waals surface area contributed by atoms with E-state index in [9.17, 15) is 4.79 Å². The molecule has 0 saturated heterocycles. The first-order chi connectivity index (χ1) is 7.13. The Hall–Kier alpha value is -1.50. The van der Waals surface area contributed by atoms with Crippen LogP contribution < -0.4 is 10.9 Å². The first kappa shape index (κ1) is 12.6. The number of aliphatic hydroxyl groups excluding tert-OH is 1. The average molecular weight is 230 g/mol. The zero-order chi connectivity index (χ0) is 12.6. The van der Waals surface area contributed by atoms with Crippen molar-refractivity contribution < 1.29 is 14.7 Å². The van der Waals surface area contributed by atoms with E-state index in [4.69, 9.17) is 5.11 Å². The van der Waals surface area contributed by atoms with Gasteiger partial charge in [0.15, 0.2) is 5.54 Å². The third-order valence-corrected chi connectivity index (χ3v) is 1.98. The summed E-state index contributed by atoms with van der Waals surface area (Å²) in [4.78, 5) is 16.5. The molecule has 3 N–H and O–H groups in total. The van der Waals surface area contributed by atoms with Crippen LogP contribution >= 0.6 is 0 Å². The van der Waals surface area contributed by atoms with Crippen LogP contribution in [-0.2, 0) is 9.63 Å². The van der Waals surface area contributed by atoms with Crippen LogP contribution in [0.25, 0.3) is 0 Å². The van der Waals surface area contributed by atoms with E-state index in [2.05, 4.69) is 20.8 Å². The Morgan fingerprint density at radius 1 is 1.44 bits per heavy atom. The van der Waals surface area contributed by atoms with Crippen molar-refractivity contribution in [2.45, 2.75) is 45.7 Å². The summed E-state index contributed by atoms with van der Waals surface area (Å²) in [5, 5.41) is 16.6. The van der Waals surface area contributed by atoms with Crippen molar-refractivity contribution in [2.24, 2.45) is 5.10 Å². The fourth-order valence-corrected chi connectivity index (χ4v) is 1.04. The Morgan fingerprint density at radius 2 is 2.00 bits per heavy atom. The second-order valence-corrected chi connectivity index (χ2v) is 5.15. The number of amides is 1. The van der Waals surface area contributed by atoms with Crippen LogP contribution in [0.15, 0.2) is 5.10 Å². The molecule has 1 amide bonds. The molecule has 0 aliphatic carbocycles. The maximum atomic E-state index is 12.0. The van der Waals surface area contributed by atoms with E-state index < -0.39 is 11.6 Å². The van der Waals surface area contributed by atoms with Crippen molar-refractivity contribution in [1.29, 1.82) is 0 Å². The van der Waals surface area contributed by atoms with Gasteiger partial charge in [0.05, 0.1) is 0 Å². The van der Waals surface area contributed by atoms with Crippen molar-refractivity contribution in [3.05, 3.63) is 0 Å². The number of nitrogens with zero attached hydrogens (tertiary/aromatic N) is 2. The van der Waals surface area contributed by atoms with E-state index in [0.717, 1.165) is 5.12 Å². The SMILES string of the molecule is CC(C)(C)NC(=O)C(C)(C)N1N=C(O)ON1. The lowest BCUT2D eigenvalue weighted by atomic mass is 10.0. The molecule has 1 aliphatic rings. The average Bonchev–Trinajstić information content (AvgIpc) is 2.48. The molecule has 0 spiro atoms. The Morgan fingerprint density at radius 3 is 2.38 bits per heavy atom. The van der Waals surface area contributed by atoms with Gasteiger partial charge >= 0.3 is 6.08 Å². The molecule has 7 heteroatoms. The molecular formula is C9H18N4O3. The largest absolute Gasteiger partial charge is 0.464 e. The van der Waals surface area contributed by atoms with Gasteiger partial charge < -0.3 is 15.3 Å². The summed E-state index contributed by atoms with van der Waals surface area (Å²) in [6.45, 7) is 8.97. The van der Waals surface area contributed by atoms with Gasteiger partial charge in [0, 0.05) is 5.54 Å². The summed E-state index contributed by atoms with van der Waals surface area (Å²) in [7, 11) is 0. The van der Waals surface area contributed by atoms with Gasteiger partial charge in [0.2, 0.25) is 5.91 Å². The molecule has 92 valence electrons. The van der Waals surface area contributed by atoms with E-state index in [-0.39, 0.29) is 11.4 Å². The molecule has 16 heavy (non-hydrogen) atoms. The Labute approximate surface area is 94.4 Å². The summed E-state index contributed by atoms with van der Waals surface area (Å²) >= 11 is 0. The summed E-state index contributed by atoms with van der Waals surface area (Å²) < 4.78 is 0.